The summed E-state index contributed by atoms with van der Waals surface area (Å²) >= 11 is 0. The van der Waals surface area contributed by atoms with Gasteiger partial charge in [-0.1, -0.05) is 12.1 Å². The molecule has 2 unspecified atom stereocenters. The van der Waals surface area contributed by atoms with Gasteiger partial charge in [-0.05, 0) is 18.6 Å². The number of hydrogen-bond donors (Lipinski definition) is 4. The Bertz CT molecular complexity index is 648. The molecule has 1 saturated carbocycles. The maximum Gasteiger partial charge on any atom is 0.411 e. The molecule has 1 fully saturated rings. The van der Waals surface area contributed by atoms with Crippen LogP contribution in [0.15, 0.2) is 24.3 Å². The molecule has 9 heteroatoms. The number of aliphatic carboxylic acids is 2. The summed E-state index contributed by atoms with van der Waals surface area (Å²) in [5.41, 5.74) is -0.648. The van der Waals surface area contributed by atoms with E-state index < -0.39 is 36.0 Å². The third-order valence-corrected chi connectivity index (χ3v) is 3.77. The van der Waals surface area contributed by atoms with Gasteiger partial charge in [-0.15, -0.1) is 0 Å². The van der Waals surface area contributed by atoms with Crippen LogP contribution in [0.5, 0.6) is 5.75 Å². The number of benzene rings is 1. The van der Waals surface area contributed by atoms with E-state index in [-0.39, 0.29) is 13.0 Å². The van der Waals surface area contributed by atoms with Crippen molar-refractivity contribution in [3.8, 4) is 5.75 Å². The van der Waals surface area contributed by atoms with E-state index >= 15 is 0 Å². The number of anilines is 1. The van der Waals surface area contributed by atoms with E-state index in [1.165, 1.54) is 7.11 Å². The molecule has 1 aliphatic rings. The lowest BCUT2D eigenvalue weighted by Gasteiger charge is -2.18. The van der Waals surface area contributed by atoms with Gasteiger partial charge in [0.05, 0.1) is 30.8 Å². The number of rotatable bonds is 8. The Kier molecular flexibility index (Phi) is 5.24. The summed E-state index contributed by atoms with van der Waals surface area (Å²) in [7, 11) is 1.46. The van der Waals surface area contributed by atoms with E-state index in [1.54, 1.807) is 24.3 Å². The van der Waals surface area contributed by atoms with Crippen molar-refractivity contribution in [2.45, 2.75) is 12.0 Å². The number of methoxy groups -OCH3 is 1. The Balaban J connectivity index is 1.93. The highest BCUT2D eigenvalue weighted by molar-refractivity contribution is 5.87. The number of carbonyl (C=O) groups is 3. The molecule has 4 N–H and O–H groups in total. The molecule has 0 aliphatic heterocycles. The van der Waals surface area contributed by atoms with Gasteiger partial charge in [0.15, 0.2) is 0 Å². The summed E-state index contributed by atoms with van der Waals surface area (Å²) in [6, 6.07) is 6.72. The monoisotopic (exact) mass is 338 g/mol. The summed E-state index contributed by atoms with van der Waals surface area (Å²) in [6.07, 6.45) is -0.593. The quantitative estimate of drug-likeness (QED) is 0.546. The third-order valence-electron chi connectivity index (χ3n) is 3.77. The number of ether oxygens (including phenoxy) is 2. The van der Waals surface area contributed by atoms with Crippen LogP contribution in [0.4, 0.5) is 10.5 Å². The Morgan fingerprint density at radius 2 is 2.00 bits per heavy atom. The largest absolute Gasteiger partial charge is 0.495 e. The van der Waals surface area contributed by atoms with Crippen LogP contribution in [-0.4, -0.2) is 54.0 Å². The average Bonchev–Trinajstić information content (AvgIpc) is 3.27. The second kappa shape index (κ2) is 7.18. The molecule has 0 spiro atoms. The van der Waals surface area contributed by atoms with E-state index in [4.69, 9.17) is 19.7 Å². The molecule has 0 aromatic heterocycles. The number of hydrogen-bond acceptors (Lipinski definition) is 6. The highest BCUT2D eigenvalue weighted by Gasteiger charge is 2.59. The molecule has 2 atom stereocenters. The van der Waals surface area contributed by atoms with Gasteiger partial charge in [0.2, 0.25) is 0 Å². The fraction of sp³-hybridized carbons (Fsp3) is 0.400. The normalized spacial score (nSPS) is 21.6. The molecule has 0 radical (unpaired) electrons. The van der Waals surface area contributed by atoms with Crippen molar-refractivity contribution < 1.29 is 34.1 Å². The van der Waals surface area contributed by atoms with Crippen LogP contribution in [-0.2, 0) is 14.3 Å². The lowest BCUT2D eigenvalue weighted by atomic mass is 10.2. The lowest BCUT2D eigenvalue weighted by Crippen LogP contribution is -2.43. The first kappa shape index (κ1) is 17.5. The average molecular weight is 338 g/mol. The molecule has 1 aromatic rings. The Hall–Kier alpha value is -2.81. The van der Waals surface area contributed by atoms with Crippen molar-refractivity contribution in [3.63, 3.8) is 0 Å². The molecule has 9 nitrogen and oxygen atoms in total. The molecular formula is C15H18N2O7. The van der Waals surface area contributed by atoms with Gasteiger partial charge in [-0.2, -0.15) is 0 Å². The highest BCUT2D eigenvalue weighted by Crippen LogP contribution is 2.44. The Morgan fingerprint density at radius 1 is 1.29 bits per heavy atom. The van der Waals surface area contributed by atoms with E-state index in [9.17, 15) is 14.4 Å². The fourth-order valence-electron chi connectivity index (χ4n) is 2.37. The van der Waals surface area contributed by atoms with Gasteiger partial charge in [-0.3, -0.25) is 20.2 Å². The smallest absolute Gasteiger partial charge is 0.411 e. The zero-order valence-corrected chi connectivity index (χ0v) is 12.9. The van der Waals surface area contributed by atoms with Crippen LogP contribution in [0, 0.1) is 5.92 Å². The van der Waals surface area contributed by atoms with Gasteiger partial charge in [0.1, 0.15) is 12.4 Å². The lowest BCUT2D eigenvalue weighted by molar-refractivity contribution is -0.140. The van der Waals surface area contributed by atoms with Crippen LogP contribution in [0.2, 0.25) is 0 Å². The van der Waals surface area contributed by atoms with E-state index in [0.717, 1.165) is 0 Å². The van der Waals surface area contributed by atoms with Crippen LogP contribution in [0.3, 0.4) is 0 Å². The maximum absolute atomic E-state index is 11.9. The van der Waals surface area contributed by atoms with Gasteiger partial charge in [-0.25, -0.2) is 4.79 Å². The van der Waals surface area contributed by atoms with Crippen molar-refractivity contribution in [1.82, 2.24) is 5.32 Å². The van der Waals surface area contributed by atoms with Crippen molar-refractivity contribution in [1.29, 1.82) is 0 Å². The number of para-hydroxylation sites is 2. The van der Waals surface area contributed by atoms with E-state index in [1.807, 2.05) is 0 Å². The fourth-order valence-corrected chi connectivity index (χ4v) is 2.37. The van der Waals surface area contributed by atoms with Gasteiger partial charge >= 0.3 is 18.0 Å². The van der Waals surface area contributed by atoms with Gasteiger partial charge in [0.25, 0.3) is 0 Å². The van der Waals surface area contributed by atoms with Crippen LogP contribution >= 0.6 is 0 Å². The number of carboxylic acids is 2. The maximum atomic E-state index is 11.9. The second-order valence-corrected chi connectivity index (χ2v) is 5.40. The molecule has 0 bridgehead atoms. The first-order chi connectivity index (χ1) is 11.4. The van der Waals surface area contributed by atoms with Gasteiger partial charge < -0.3 is 19.7 Å². The van der Waals surface area contributed by atoms with Gasteiger partial charge in [0, 0.05) is 0 Å². The molecule has 2 rings (SSSR count). The standard InChI is InChI=1S/C15H18N2O7/c1-23-11-5-3-2-4-10(11)17-14(22)24-8-15(16-7-12(18)19)6-9(15)13(20)21/h2-5,9,16H,6-8H2,1H3,(H,17,22)(H,18,19)(H,20,21). The topological polar surface area (TPSA) is 134 Å². The van der Waals surface area contributed by atoms with Crippen molar-refractivity contribution in [2.75, 3.05) is 25.6 Å². The Morgan fingerprint density at radius 3 is 2.58 bits per heavy atom. The molecule has 24 heavy (non-hydrogen) atoms. The van der Waals surface area contributed by atoms with Crippen LogP contribution in [0.25, 0.3) is 0 Å². The number of carbonyl (C=O) groups excluding carboxylic acids is 1. The molecule has 0 saturated heterocycles. The molecule has 1 aromatic carbocycles. The highest BCUT2D eigenvalue weighted by atomic mass is 16.6. The molecule has 0 heterocycles. The molecule has 1 amide bonds. The molecular weight excluding hydrogens is 320 g/mol. The number of carboxylic acid groups (broad SMARTS) is 2. The minimum absolute atomic E-state index is 0.192. The molecule has 1 aliphatic carbocycles. The molecule has 130 valence electrons. The Labute approximate surface area is 137 Å². The minimum atomic E-state index is -1.12. The first-order valence-electron chi connectivity index (χ1n) is 7.14. The third kappa shape index (κ3) is 4.13. The van der Waals surface area contributed by atoms with Crippen molar-refractivity contribution in [3.05, 3.63) is 24.3 Å². The van der Waals surface area contributed by atoms with Crippen LogP contribution in [0.1, 0.15) is 6.42 Å². The summed E-state index contributed by atoms with van der Waals surface area (Å²) < 4.78 is 10.2. The summed E-state index contributed by atoms with van der Waals surface area (Å²) in [6.45, 7) is -0.667. The van der Waals surface area contributed by atoms with Crippen LogP contribution < -0.4 is 15.4 Å². The van der Waals surface area contributed by atoms with E-state index in [0.29, 0.717) is 11.4 Å². The summed E-state index contributed by atoms with van der Waals surface area (Å²) in [4.78, 5) is 33.6. The van der Waals surface area contributed by atoms with E-state index in [2.05, 4.69) is 10.6 Å². The zero-order valence-electron chi connectivity index (χ0n) is 12.9. The predicted molar refractivity (Wildman–Crippen MR) is 82.1 cm³/mol. The number of nitrogens with one attached hydrogen (secondary N) is 2. The van der Waals surface area contributed by atoms with Crippen molar-refractivity contribution in [2.24, 2.45) is 5.92 Å². The summed E-state index contributed by atoms with van der Waals surface area (Å²) in [5.74, 6) is -2.54. The minimum Gasteiger partial charge on any atom is -0.495 e. The predicted octanol–water partition coefficient (Wildman–Crippen LogP) is 0.761. The zero-order chi connectivity index (χ0) is 17.7. The SMILES string of the molecule is COc1ccccc1NC(=O)OCC1(NCC(=O)O)CC1C(=O)O. The second-order valence-electron chi connectivity index (χ2n) is 5.40. The number of amides is 1. The van der Waals surface area contributed by atoms with Crippen molar-refractivity contribution >= 4 is 23.7 Å². The summed E-state index contributed by atoms with van der Waals surface area (Å²) in [5, 5.41) is 22.9. The first-order valence-corrected chi connectivity index (χ1v) is 7.14.